The molecule has 4 rings (SSSR count). The third-order valence-corrected chi connectivity index (χ3v) is 4.59. The van der Waals surface area contributed by atoms with Gasteiger partial charge in [-0.1, -0.05) is 6.07 Å². The Balaban J connectivity index is 1.87. The van der Waals surface area contributed by atoms with Gasteiger partial charge in [0.2, 0.25) is 0 Å². The van der Waals surface area contributed by atoms with E-state index in [1.807, 2.05) is 24.7 Å². The Hall–Kier alpha value is -3.48. The summed E-state index contributed by atoms with van der Waals surface area (Å²) < 4.78 is 5.04. The smallest absolute Gasteiger partial charge is 0.255 e. The number of hydrogen-bond acceptors (Lipinski definition) is 4. The zero-order valence-corrected chi connectivity index (χ0v) is 15.7. The van der Waals surface area contributed by atoms with Crippen molar-refractivity contribution >= 4 is 0 Å². The van der Waals surface area contributed by atoms with E-state index in [0.717, 1.165) is 11.3 Å². The molecule has 27 heavy (non-hydrogen) atoms. The van der Waals surface area contributed by atoms with Gasteiger partial charge in [0.25, 0.3) is 5.56 Å². The van der Waals surface area contributed by atoms with Crippen molar-refractivity contribution in [2.45, 2.75) is 20.8 Å². The van der Waals surface area contributed by atoms with Crippen LogP contribution in [0, 0.1) is 20.8 Å². The van der Waals surface area contributed by atoms with Crippen molar-refractivity contribution < 1.29 is 0 Å². The third-order valence-electron chi connectivity index (χ3n) is 4.59. The van der Waals surface area contributed by atoms with Crippen LogP contribution in [0.1, 0.15) is 17.0 Å². The summed E-state index contributed by atoms with van der Waals surface area (Å²) in [5.41, 5.74) is 4.73. The van der Waals surface area contributed by atoms with Crippen LogP contribution in [0.25, 0.3) is 22.8 Å². The Morgan fingerprint density at radius 2 is 1.74 bits per heavy atom. The van der Waals surface area contributed by atoms with Gasteiger partial charge < -0.3 is 0 Å². The zero-order chi connectivity index (χ0) is 19.1. The van der Waals surface area contributed by atoms with Crippen LogP contribution in [0.5, 0.6) is 0 Å². The topological polar surface area (TPSA) is 70.5 Å². The molecule has 0 aliphatic carbocycles. The molecule has 0 fully saturated rings. The molecule has 0 spiro atoms. The van der Waals surface area contributed by atoms with E-state index in [0.29, 0.717) is 17.3 Å². The molecule has 0 aliphatic rings. The van der Waals surface area contributed by atoms with Crippen molar-refractivity contribution in [3.05, 3.63) is 76.2 Å². The first-order valence-corrected chi connectivity index (χ1v) is 8.66. The van der Waals surface area contributed by atoms with Crippen LogP contribution in [-0.4, -0.2) is 29.1 Å². The molecule has 0 atom stereocenters. The molecule has 0 saturated heterocycles. The highest BCUT2D eigenvalue weighted by Gasteiger charge is 2.14. The van der Waals surface area contributed by atoms with Gasteiger partial charge in [-0.25, -0.2) is 9.67 Å². The van der Waals surface area contributed by atoms with Crippen LogP contribution < -0.4 is 5.56 Å². The molecule has 7 nitrogen and oxygen atoms in total. The second-order valence-corrected chi connectivity index (χ2v) is 6.66. The lowest BCUT2D eigenvalue weighted by molar-refractivity contribution is 0.767. The molecule has 0 radical (unpaired) electrons. The van der Waals surface area contributed by atoms with Crippen molar-refractivity contribution in [1.29, 1.82) is 0 Å². The predicted octanol–water partition coefficient (Wildman–Crippen LogP) is 2.74. The molecule has 4 aromatic rings. The van der Waals surface area contributed by atoms with Gasteiger partial charge in [0.15, 0.2) is 5.82 Å². The number of benzene rings is 1. The SMILES string of the molecule is Cc1nc(-c2ccc(=O)n(-c3cnn(C)c3)c2)n(-c2ccc(C)c(C)c2)n1. The average Bonchev–Trinajstić information content (AvgIpc) is 3.24. The first kappa shape index (κ1) is 17.0. The van der Waals surface area contributed by atoms with Crippen molar-refractivity contribution in [1.82, 2.24) is 29.1 Å². The Morgan fingerprint density at radius 3 is 2.44 bits per heavy atom. The van der Waals surface area contributed by atoms with E-state index in [4.69, 9.17) is 0 Å². The Kier molecular flexibility index (Phi) is 3.99. The number of nitrogens with zero attached hydrogens (tertiary/aromatic N) is 6. The minimum Gasteiger partial charge on any atom is -0.280 e. The van der Waals surface area contributed by atoms with E-state index in [1.54, 1.807) is 33.9 Å². The maximum Gasteiger partial charge on any atom is 0.255 e. The molecule has 0 amide bonds. The fraction of sp³-hybridized carbons (Fsp3) is 0.200. The summed E-state index contributed by atoms with van der Waals surface area (Å²) in [6.07, 6.45) is 5.23. The van der Waals surface area contributed by atoms with E-state index < -0.39 is 0 Å². The van der Waals surface area contributed by atoms with E-state index in [-0.39, 0.29) is 5.56 Å². The van der Waals surface area contributed by atoms with E-state index >= 15 is 0 Å². The normalized spacial score (nSPS) is 11.1. The maximum atomic E-state index is 12.3. The Morgan fingerprint density at radius 1 is 0.926 bits per heavy atom. The van der Waals surface area contributed by atoms with Gasteiger partial charge in [0.1, 0.15) is 5.82 Å². The summed E-state index contributed by atoms with van der Waals surface area (Å²) in [6.45, 7) is 6.01. The second-order valence-electron chi connectivity index (χ2n) is 6.66. The first-order chi connectivity index (χ1) is 12.9. The zero-order valence-electron chi connectivity index (χ0n) is 15.7. The molecular formula is C20H20N6O. The number of aryl methyl sites for hydroxylation is 4. The van der Waals surface area contributed by atoms with Crippen LogP contribution in [-0.2, 0) is 7.05 Å². The van der Waals surface area contributed by atoms with Crippen LogP contribution in [0.2, 0.25) is 0 Å². The number of aromatic nitrogens is 6. The van der Waals surface area contributed by atoms with E-state index in [1.165, 1.54) is 17.2 Å². The molecule has 3 aromatic heterocycles. The standard InChI is InChI=1S/C20H20N6O/c1-13-5-7-17(9-14(13)2)26-20(22-15(3)23-26)16-6-8-19(27)25(11-16)18-10-21-24(4)12-18/h5-12H,1-4H3. The van der Waals surface area contributed by atoms with Crippen molar-refractivity contribution in [2.24, 2.45) is 7.05 Å². The van der Waals surface area contributed by atoms with Gasteiger partial charge in [-0.05, 0) is 50.1 Å². The van der Waals surface area contributed by atoms with Crippen LogP contribution >= 0.6 is 0 Å². The van der Waals surface area contributed by atoms with Gasteiger partial charge >= 0.3 is 0 Å². The molecule has 0 saturated carbocycles. The quantitative estimate of drug-likeness (QED) is 0.563. The molecule has 1 aromatic carbocycles. The molecule has 3 heterocycles. The largest absolute Gasteiger partial charge is 0.280 e. The fourth-order valence-electron chi connectivity index (χ4n) is 2.99. The molecule has 136 valence electrons. The molecule has 0 unspecified atom stereocenters. The highest BCUT2D eigenvalue weighted by Crippen LogP contribution is 2.22. The molecule has 0 aliphatic heterocycles. The highest BCUT2D eigenvalue weighted by atomic mass is 16.1. The van der Waals surface area contributed by atoms with Gasteiger partial charge in [0.05, 0.1) is 17.6 Å². The monoisotopic (exact) mass is 360 g/mol. The summed E-state index contributed by atoms with van der Waals surface area (Å²) >= 11 is 0. The fourth-order valence-corrected chi connectivity index (χ4v) is 2.99. The third kappa shape index (κ3) is 3.08. The summed E-state index contributed by atoms with van der Waals surface area (Å²) in [7, 11) is 1.82. The minimum atomic E-state index is -0.124. The van der Waals surface area contributed by atoms with Gasteiger partial charge in [-0.3, -0.25) is 14.0 Å². The summed E-state index contributed by atoms with van der Waals surface area (Å²) in [5, 5.41) is 8.71. The van der Waals surface area contributed by atoms with Crippen LogP contribution in [0.3, 0.4) is 0 Å². The maximum absolute atomic E-state index is 12.3. The lowest BCUT2D eigenvalue weighted by Crippen LogP contribution is -2.16. The van der Waals surface area contributed by atoms with E-state index in [9.17, 15) is 4.79 Å². The van der Waals surface area contributed by atoms with Crippen molar-refractivity contribution in [2.75, 3.05) is 0 Å². The lowest BCUT2D eigenvalue weighted by atomic mass is 10.1. The summed E-state index contributed by atoms with van der Waals surface area (Å²) in [5.74, 6) is 1.36. The number of hydrogen-bond donors (Lipinski definition) is 0. The van der Waals surface area contributed by atoms with Gasteiger partial charge in [-0.2, -0.15) is 10.2 Å². The first-order valence-electron chi connectivity index (χ1n) is 8.66. The number of rotatable bonds is 3. The highest BCUT2D eigenvalue weighted by molar-refractivity contribution is 5.58. The second kappa shape index (κ2) is 6.35. The Labute approximate surface area is 156 Å². The molecule has 0 bridgehead atoms. The van der Waals surface area contributed by atoms with Crippen molar-refractivity contribution in [3.63, 3.8) is 0 Å². The molecule has 7 heteroatoms. The number of pyridine rings is 1. The lowest BCUT2D eigenvalue weighted by Gasteiger charge is -2.10. The minimum absolute atomic E-state index is 0.124. The summed E-state index contributed by atoms with van der Waals surface area (Å²) in [6, 6.07) is 9.50. The molecular weight excluding hydrogens is 340 g/mol. The predicted molar refractivity (Wildman–Crippen MR) is 103 cm³/mol. The van der Waals surface area contributed by atoms with Crippen LogP contribution in [0.15, 0.2) is 53.7 Å². The van der Waals surface area contributed by atoms with Crippen molar-refractivity contribution in [3.8, 4) is 22.8 Å². The Bertz CT molecular complexity index is 1200. The average molecular weight is 360 g/mol. The van der Waals surface area contributed by atoms with Gasteiger partial charge in [-0.15, -0.1) is 0 Å². The molecule has 0 N–H and O–H groups in total. The summed E-state index contributed by atoms with van der Waals surface area (Å²) in [4.78, 5) is 16.9. The van der Waals surface area contributed by atoms with Crippen LogP contribution in [0.4, 0.5) is 0 Å². The van der Waals surface area contributed by atoms with Gasteiger partial charge in [0, 0.05) is 31.1 Å². The van der Waals surface area contributed by atoms with E-state index in [2.05, 4.69) is 41.2 Å².